The van der Waals surface area contributed by atoms with Gasteiger partial charge in [0, 0.05) is 6.04 Å². The molecule has 0 radical (unpaired) electrons. The van der Waals surface area contributed by atoms with Gasteiger partial charge < -0.3 is 10.1 Å². The number of ether oxygens (including phenoxy) is 1. The van der Waals surface area contributed by atoms with Gasteiger partial charge in [-0.25, -0.2) is 0 Å². The average Bonchev–Trinajstić information content (AvgIpc) is 2.35. The van der Waals surface area contributed by atoms with Crippen LogP contribution in [-0.4, -0.2) is 13.2 Å². The van der Waals surface area contributed by atoms with E-state index in [2.05, 4.69) is 24.4 Å². The SMILES string of the molecule is CCOc1cc(C)c(C2CCCCN2)cc1Cl. The van der Waals surface area contributed by atoms with Gasteiger partial charge in [-0.15, -0.1) is 0 Å². The summed E-state index contributed by atoms with van der Waals surface area (Å²) in [4.78, 5) is 0. The van der Waals surface area contributed by atoms with Gasteiger partial charge in [-0.2, -0.15) is 0 Å². The largest absolute Gasteiger partial charge is 0.492 e. The molecule has 3 heteroatoms. The van der Waals surface area contributed by atoms with Crippen molar-refractivity contribution in [3.05, 3.63) is 28.3 Å². The molecule has 1 unspecified atom stereocenters. The molecule has 0 spiro atoms. The number of hydrogen-bond acceptors (Lipinski definition) is 2. The van der Waals surface area contributed by atoms with Gasteiger partial charge in [0.2, 0.25) is 0 Å². The molecule has 1 aliphatic heterocycles. The van der Waals surface area contributed by atoms with Gasteiger partial charge in [0.05, 0.1) is 11.6 Å². The van der Waals surface area contributed by atoms with E-state index in [-0.39, 0.29) is 0 Å². The fourth-order valence-corrected chi connectivity index (χ4v) is 2.66. The maximum Gasteiger partial charge on any atom is 0.138 e. The van der Waals surface area contributed by atoms with Crippen LogP contribution in [0.15, 0.2) is 12.1 Å². The standard InChI is InChI=1S/C14H20ClNO/c1-3-17-14-8-10(2)11(9-12(14)15)13-6-4-5-7-16-13/h8-9,13,16H,3-7H2,1-2H3. The van der Waals surface area contributed by atoms with E-state index < -0.39 is 0 Å². The molecular weight excluding hydrogens is 234 g/mol. The highest BCUT2D eigenvalue weighted by Gasteiger charge is 2.18. The lowest BCUT2D eigenvalue weighted by atomic mass is 9.94. The summed E-state index contributed by atoms with van der Waals surface area (Å²) in [6, 6.07) is 4.57. The third-order valence-electron chi connectivity index (χ3n) is 3.31. The summed E-state index contributed by atoms with van der Waals surface area (Å²) in [6.07, 6.45) is 3.77. The fourth-order valence-electron chi connectivity index (χ4n) is 2.43. The Bertz CT molecular complexity index is 386. The highest BCUT2D eigenvalue weighted by Crippen LogP contribution is 2.33. The van der Waals surface area contributed by atoms with E-state index in [0.29, 0.717) is 12.6 Å². The van der Waals surface area contributed by atoms with Crippen LogP contribution in [0.3, 0.4) is 0 Å². The summed E-state index contributed by atoms with van der Waals surface area (Å²) in [5.41, 5.74) is 2.58. The third-order valence-corrected chi connectivity index (χ3v) is 3.60. The van der Waals surface area contributed by atoms with Crippen molar-refractivity contribution in [2.75, 3.05) is 13.2 Å². The van der Waals surface area contributed by atoms with E-state index in [0.717, 1.165) is 17.3 Å². The van der Waals surface area contributed by atoms with Crippen LogP contribution in [0.4, 0.5) is 0 Å². The molecule has 17 heavy (non-hydrogen) atoms. The van der Waals surface area contributed by atoms with Crippen molar-refractivity contribution in [1.82, 2.24) is 5.32 Å². The summed E-state index contributed by atoms with van der Waals surface area (Å²) >= 11 is 6.25. The first kappa shape index (κ1) is 12.7. The minimum Gasteiger partial charge on any atom is -0.492 e. The van der Waals surface area contributed by atoms with Gasteiger partial charge >= 0.3 is 0 Å². The number of aryl methyl sites for hydroxylation is 1. The number of halogens is 1. The molecule has 94 valence electrons. The Balaban J connectivity index is 2.25. The first-order valence-corrected chi connectivity index (χ1v) is 6.76. The van der Waals surface area contributed by atoms with E-state index in [1.165, 1.54) is 30.4 Å². The smallest absolute Gasteiger partial charge is 0.138 e. The Hall–Kier alpha value is -0.730. The van der Waals surface area contributed by atoms with Crippen molar-refractivity contribution >= 4 is 11.6 Å². The summed E-state index contributed by atoms with van der Waals surface area (Å²) in [7, 11) is 0. The first-order valence-electron chi connectivity index (χ1n) is 6.38. The van der Waals surface area contributed by atoms with Crippen molar-refractivity contribution < 1.29 is 4.74 Å². The molecule has 2 nitrogen and oxygen atoms in total. The lowest BCUT2D eigenvalue weighted by molar-refractivity contribution is 0.339. The number of rotatable bonds is 3. The summed E-state index contributed by atoms with van der Waals surface area (Å²) < 4.78 is 5.51. The van der Waals surface area contributed by atoms with Gasteiger partial charge in [-0.05, 0) is 56.5 Å². The maximum atomic E-state index is 6.25. The number of piperidine rings is 1. The van der Waals surface area contributed by atoms with E-state index in [9.17, 15) is 0 Å². The molecule has 0 amide bonds. The van der Waals surface area contributed by atoms with E-state index in [1.807, 2.05) is 6.92 Å². The van der Waals surface area contributed by atoms with Gasteiger partial charge in [-0.3, -0.25) is 0 Å². The summed E-state index contributed by atoms with van der Waals surface area (Å²) in [5, 5.41) is 4.28. The van der Waals surface area contributed by atoms with Crippen LogP contribution < -0.4 is 10.1 Å². The molecular formula is C14H20ClNO. The van der Waals surface area contributed by atoms with Crippen LogP contribution in [-0.2, 0) is 0 Å². The summed E-state index contributed by atoms with van der Waals surface area (Å²) in [6.45, 7) is 5.86. The predicted molar refractivity (Wildman–Crippen MR) is 72.0 cm³/mol. The zero-order valence-corrected chi connectivity index (χ0v) is 11.3. The Kier molecular flexibility index (Phi) is 4.30. The minimum atomic E-state index is 0.455. The van der Waals surface area contributed by atoms with Crippen molar-refractivity contribution in [1.29, 1.82) is 0 Å². The minimum absolute atomic E-state index is 0.455. The quantitative estimate of drug-likeness (QED) is 0.883. The van der Waals surface area contributed by atoms with Crippen molar-refractivity contribution in [3.63, 3.8) is 0 Å². The van der Waals surface area contributed by atoms with Crippen LogP contribution >= 0.6 is 11.6 Å². The average molecular weight is 254 g/mol. The lowest BCUT2D eigenvalue weighted by Gasteiger charge is -2.26. The second kappa shape index (κ2) is 5.74. The van der Waals surface area contributed by atoms with Crippen LogP contribution in [0.25, 0.3) is 0 Å². The Morgan fingerprint density at radius 2 is 2.24 bits per heavy atom. The van der Waals surface area contributed by atoms with Gasteiger partial charge in [0.25, 0.3) is 0 Å². The van der Waals surface area contributed by atoms with Gasteiger partial charge in [-0.1, -0.05) is 18.0 Å². The maximum absolute atomic E-state index is 6.25. The summed E-state index contributed by atoms with van der Waals surface area (Å²) in [5.74, 6) is 0.797. The highest BCUT2D eigenvalue weighted by molar-refractivity contribution is 6.32. The monoisotopic (exact) mass is 253 g/mol. The van der Waals surface area contributed by atoms with Gasteiger partial charge in [0.15, 0.2) is 0 Å². The van der Waals surface area contributed by atoms with Crippen LogP contribution in [0.5, 0.6) is 5.75 Å². The molecule has 0 aliphatic carbocycles. The Morgan fingerprint density at radius 3 is 2.88 bits per heavy atom. The molecule has 1 heterocycles. The zero-order valence-electron chi connectivity index (χ0n) is 10.6. The molecule has 1 aliphatic rings. The van der Waals surface area contributed by atoms with Gasteiger partial charge in [0.1, 0.15) is 5.75 Å². The Labute approximate surface area is 108 Å². The molecule has 1 atom stereocenters. The molecule has 1 saturated heterocycles. The number of nitrogens with one attached hydrogen (secondary N) is 1. The van der Waals surface area contributed by atoms with Crippen LogP contribution in [0.1, 0.15) is 43.4 Å². The molecule has 2 rings (SSSR count). The lowest BCUT2D eigenvalue weighted by Crippen LogP contribution is -2.27. The molecule has 0 bridgehead atoms. The van der Waals surface area contributed by atoms with Crippen molar-refractivity contribution in [2.24, 2.45) is 0 Å². The van der Waals surface area contributed by atoms with Crippen molar-refractivity contribution in [2.45, 2.75) is 39.2 Å². The second-order valence-corrected chi connectivity index (χ2v) is 4.98. The second-order valence-electron chi connectivity index (χ2n) is 4.57. The zero-order chi connectivity index (χ0) is 12.3. The predicted octanol–water partition coefficient (Wildman–Crippen LogP) is 3.86. The molecule has 1 N–H and O–H groups in total. The molecule has 0 saturated carbocycles. The van der Waals surface area contributed by atoms with E-state index >= 15 is 0 Å². The molecule has 1 fully saturated rings. The normalized spacial score (nSPS) is 20.3. The first-order chi connectivity index (χ1) is 8.22. The van der Waals surface area contributed by atoms with Crippen molar-refractivity contribution in [3.8, 4) is 5.75 Å². The highest BCUT2D eigenvalue weighted by atomic mass is 35.5. The van der Waals surface area contributed by atoms with E-state index in [4.69, 9.17) is 16.3 Å². The third kappa shape index (κ3) is 2.93. The van der Waals surface area contributed by atoms with E-state index in [1.54, 1.807) is 0 Å². The molecule has 1 aromatic carbocycles. The molecule has 0 aromatic heterocycles. The Morgan fingerprint density at radius 1 is 1.41 bits per heavy atom. The fraction of sp³-hybridized carbons (Fsp3) is 0.571. The molecule has 1 aromatic rings. The number of benzene rings is 1. The number of hydrogen-bond donors (Lipinski definition) is 1. The van der Waals surface area contributed by atoms with Crippen LogP contribution in [0, 0.1) is 6.92 Å². The topological polar surface area (TPSA) is 21.3 Å². The van der Waals surface area contributed by atoms with Crippen LogP contribution in [0.2, 0.25) is 5.02 Å².